The molecule has 2 aromatic rings. The van der Waals surface area contributed by atoms with Gasteiger partial charge in [0.15, 0.2) is 0 Å². The maximum Gasteiger partial charge on any atom is 0.323 e. The Hall–Kier alpha value is -2.63. The first kappa shape index (κ1) is 15.9. The average Bonchev–Trinajstić information content (AvgIpc) is 3.29. The van der Waals surface area contributed by atoms with Gasteiger partial charge in [-0.1, -0.05) is 25.1 Å². The third kappa shape index (κ3) is 3.29. The monoisotopic (exact) mass is 337 g/mol. The van der Waals surface area contributed by atoms with Gasteiger partial charge in [0.25, 0.3) is 0 Å². The quantitative estimate of drug-likeness (QED) is 0.842. The second-order valence-electron chi connectivity index (χ2n) is 6.92. The van der Waals surface area contributed by atoms with Gasteiger partial charge in [0, 0.05) is 17.6 Å². The molecule has 4 rings (SSSR count). The molecule has 0 radical (unpaired) electrons. The lowest BCUT2D eigenvalue weighted by atomic mass is 9.72. The van der Waals surface area contributed by atoms with E-state index < -0.39 is 0 Å². The van der Waals surface area contributed by atoms with Crippen molar-refractivity contribution in [2.24, 2.45) is 5.92 Å². The summed E-state index contributed by atoms with van der Waals surface area (Å²) in [7, 11) is 0. The maximum atomic E-state index is 11.8. The first-order valence-electron chi connectivity index (χ1n) is 8.94. The van der Waals surface area contributed by atoms with Crippen molar-refractivity contribution in [3.63, 3.8) is 0 Å². The normalized spacial score (nSPS) is 18.2. The van der Waals surface area contributed by atoms with Gasteiger partial charge in [-0.2, -0.15) is 0 Å². The Labute approximate surface area is 147 Å². The van der Waals surface area contributed by atoms with Crippen molar-refractivity contribution in [3.05, 3.63) is 54.8 Å². The summed E-state index contributed by atoms with van der Waals surface area (Å²) in [4.78, 5) is 11.8. The smallest absolute Gasteiger partial charge is 0.315 e. The molecule has 2 fully saturated rings. The number of rotatable bonds is 6. The van der Waals surface area contributed by atoms with Gasteiger partial charge in [0.05, 0.1) is 0 Å². The van der Waals surface area contributed by atoms with Gasteiger partial charge in [0.1, 0.15) is 12.2 Å². The summed E-state index contributed by atoms with van der Waals surface area (Å²) in [5.41, 5.74) is 1.97. The summed E-state index contributed by atoms with van der Waals surface area (Å²) in [5.74, 6) is 1.90. The van der Waals surface area contributed by atoms with Crippen molar-refractivity contribution in [1.29, 1.82) is 0 Å². The van der Waals surface area contributed by atoms with Gasteiger partial charge in [-0.25, -0.2) is 4.79 Å². The van der Waals surface area contributed by atoms with E-state index in [4.69, 9.17) is 0 Å². The van der Waals surface area contributed by atoms with Crippen molar-refractivity contribution < 1.29 is 4.79 Å². The van der Waals surface area contributed by atoms with Gasteiger partial charge >= 0.3 is 6.03 Å². The standard InChI is InChI=1S/C19H23N5O/c1-2-20-19(25)22-15-8-4-7-14(11-15)17(13-5-3-6-13)18-23-21-12-24(18)16-9-10-16/h2,4,7-8,11-13,16-17H,1,3,5-6,9-10H2,(H2,20,22,25). The molecule has 2 saturated carbocycles. The third-order valence-electron chi connectivity index (χ3n) is 5.18. The average molecular weight is 337 g/mol. The molecule has 0 spiro atoms. The van der Waals surface area contributed by atoms with E-state index in [0.29, 0.717) is 12.0 Å². The van der Waals surface area contributed by atoms with Crippen LogP contribution in [0.2, 0.25) is 0 Å². The molecule has 2 aliphatic carbocycles. The summed E-state index contributed by atoms with van der Waals surface area (Å²) >= 11 is 0. The van der Waals surface area contributed by atoms with Crippen LogP contribution in [0.1, 0.15) is 55.5 Å². The van der Waals surface area contributed by atoms with Crippen LogP contribution < -0.4 is 10.6 Å². The highest BCUT2D eigenvalue weighted by Gasteiger charge is 2.36. The van der Waals surface area contributed by atoms with E-state index in [1.165, 1.54) is 43.9 Å². The zero-order valence-electron chi connectivity index (χ0n) is 14.2. The molecule has 0 aliphatic heterocycles. The summed E-state index contributed by atoms with van der Waals surface area (Å²) in [6.45, 7) is 3.51. The van der Waals surface area contributed by atoms with Gasteiger partial charge in [0.2, 0.25) is 0 Å². The molecule has 6 heteroatoms. The van der Waals surface area contributed by atoms with Crippen LogP contribution in [0.4, 0.5) is 10.5 Å². The van der Waals surface area contributed by atoms with Crippen LogP contribution >= 0.6 is 0 Å². The molecule has 0 saturated heterocycles. The second-order valence-corrected chi connectivity index (χ2v) is 6.92. The largest absolute Gasteiger partial charge is 0.323 e. The Balaban J connectivity index is 1.64. The molecule has 130 valence electrons. The second kappa shape index (κ2) is 6.70. The molecule has 2 amide bonds. The molecule has 1 aromatic carbocycles. The van der Waals surface area contributed by atoms with Gasteiger partial charge < -0.3 is 15.2 Å². The Morgan fingerprint density at radius 3 is 2.84 bits per heavy atom. The van der Waals surface area contributed by atoms with Crippen molar-refractivity contribution in [2.45, 2.75) is 44.1 Å². The molecule has 1 atom stereocenters. The number of benzene rings is 1. The lowest BCUT2D eigenvalue weighted by Gasteiger charge is -2.34. The third-order valence-corrected chi connectivity index (χ3v) is 5.18. The molecule has 6 nitrogen and oxygen atoms in total. The van der Waals surface area contributed by atoms with Crippen LogP contribution in [0.5, 0.6) is 0 Å². The lowest BCUT2D eigenvalue weighted by molar-refractivity contribution is 0.255. The molecule has 2 N–H and O–H groups in total. The number of carbonyl (C=O) groups is 1. The minimum absolute atomic E-state index is 0.237. The van der Waals surface area contributed by atoms with Gasteiger partial charge in [-0.15, -0.1) is 10.2 Å². The Bertz CT molecular complexity index is 776. The number of aromatic nitrogens is 3. The molecular formula is C19H23N5O. The van der Waals surface area contributed by atoms with Crippen molar-refractivity contribution in [3.8, 4) is 0 Å². The number of amides is 2. The topological polar surface area (TPSA) is 71.8 Å². The van der Waals surface area contributed by atoms with E-state index in [1.54, 1.807) is 0 Å². The fourth-order valence-electron chi connectivity index (χ4n) is 3.58. The fraction of sp³-hybridized carbons (Fsp3) is 0.421. The fourth-order valence-corrected chi connectivity index (χ4v) is 3.58. The van der Waals surface area contributed by atoms with Crippen LogP contribution in [0.15, 0.2) is 43.4 Å². The van der Waals surface area contributed by atoms with E-state index in [-0.39, 0.29) is 11.9 Å². The predicted molar refractivity (Wildman–Crippen MR) is 96.3 cm³/mol. The lowest BCUT2D eigenvalue weighted by Crippen LogP contribution is -2.25. The van der Waals surface area contributed by atoms with Crippen LogP contribution in [0.25, 0.3) is 0 Å². The highest BCUT2D eigenvalue weighted by atomic mass is 16.2. The Morgan fingerprint density at radius 2 is 2.16 bits per heavy atom. The summed E-state index contributed by atoms with van der Waals surface area (Å²) in [5, 5.41) is 14.0. The molecule has 25 heavy (non-hydrogen) atoms. The van der Waals surface area contributed by atoms with E-state index >= 15 is 0 Å². The van der Waals surface area contributed by atoms with E-state index in [9.17, 15) is 4.79 Å². The molecule has 1 aromatic heterocycles. The summed E-state index contributed by atoms with van der Waals surface area (Å²) in [6.07, 6.45) is 9.39. The number of urea groups is 1. The SMILES string of the molecule is C=CNC(=O)Nc1cccc(C(c2nncn2C2CC2)C2CCC2)c1. The van der Waals surface area contributed by atoms with Crippen LogP contribution in [0.3, 0.4) is 0 Å². The van der Waals surface area contributed by atoms with Gasteiger partial charge in [-0.05, 0) is 55.5 Å². The Kier molecular flexibility index (Phi) is 4.26. The van der Waals surface area contributed by atoms with E-state index in [2.05, 4.69) is 44.1 Å². The number of hydrogen-bond donors (Lipinski definition) is 2. The zero-order valence-corrected chi connectivity index (χ0v) is 14.2. The molecule has 1 heterocycles. The summed E-state index contributed by atoms with van der Waals surface area (Å²) in [6, 6.07) is 8.35. The highest BCUT2D eigenvalue weighted by molar-refractivity contribution is 5.89. The number of nitrogens with zero attached hydrogens (tertiary/aromatic N) is 3. The molecule has 2 aliphatic rings. The molecular weight excluding hydrogens is 314 g/mol. The summed E-state index contributed by atoms with van der Waals surface area (Å²) < 4.78 is 2.26. The van der Waals surface area contributed by atoms with Crippen molar-refractivity contribution >= 4 is 11.7 Å². The van der Waals surface area contributed by atoms with E-state index in [1.807, 2.05) is 18.5 Å². The maximum absolute atomic E-state index is 11.8. The number of carbonyl (C=O) groups excluding carboxylic acids is 1. The number of nitrogens with one attached hydrogen (secondary N) is 2. The molecule has 1 unspecified atom stereocenters. The van der Waals surface area contributed by atoms with Crippen molar-refractivity contribution in [2.75, 3.05) is 5.32 Å². The van der Waals surface area contributed by atoms with Crippen LogP contribution in [0, 0.1) is 5.92 Å². The number of hydrogen-bond acceptors (Lipinski definition) is 3. The highest BCUT2D eigenvalue weighted by Crippen LogP contribution is 2.45. The molecule has 0 bridgehead atoms. The first-order chi connectivity index (χ1) is 12.3. The van der Waals surface area contributed by atoms with Crippen LogP contribution in [-0.4, -0.2) is 20.8 Å². The number of anilines is 1. The van der Waals surface area contributed by atoms with Crippen molar-refractivity contribution in [1.82, 2.24) is 20.1 Å². The minimum atomic E-state index is -0.284. The first-order valence-corrected chi connectivity index (χ1v) is 8.94. The minimum Gasteiger partial charge on any atom is -0.315 e. The predicted octanol–water partition coefficient (Wildman–Crippen LogP) is 3.81. The zero-order chi connectivity index (χ0) is 17.2. The van der Waals surface area contributed by atoms with Gasteiger partial charge in [-0.3, -0.25) is 0 Å². The Morgan fingerprint density at radius 1 is 1.32 bits per heavy atom. The van der Waals surface area contributed by atoms with Crippen LogP contribution in [-0.2, 0) is 0 Å². The van der Waals surface area contributed by atoms with E-state index in [0.717, 1.165) is 11.5 Å².